The number of rotatable bonds is 8. The Morgan fingerprint density at radius 3 is 2.45 bits per heavy atom. The monoisotopic (exact) mass is 465 g/mol. The van der Waals surface area contributed by atoms with E-state index in [1.807, 2.05) is 29.2 Å². The van der Waals surface area contributed by atoms with Crippen molar-refractivity contribution in [2.24, 2.45) is 0 Å². The van der Waals surface area contributed by atoms with Crippen molar-refractivity contribution in [3.8, 4) is 5.75 Å². The summed E-state index contributed by atoms with van der Waals surface area (Å²) in [5.41, 5.74) is 1.54. The second-order valence-electron chi connectivity index (χ2n) is 7.46. The van der Waals surface area contributed by atoms with E-state index in [-0.39, 0.29) is 12.5 Å². The van der Waals surface area contributed by atoms with Gasteiger partial charge in [0, 0.05) is 49.9 Å². The number of methoxy groups -OCH3 is 1. The fraction of sp³-hybridized carbons (Fsp3) is 0.409. The van der Waals surface area contributed by atoms with Crippen molar-refractivity contribution >= 4 is 38.9 Å². The lowest BCUT2D eigenvalue weighted by atomic mass is 10.2. The third kappa shape index (κ3) is 6.04. The molecule has 0 bridgehead atoms. The minimum absolute atomic E-state index is 0.0409. The van der Waals surface area contributed by atoms with Crippen molar-refractivity contribution < 1.29 is 17.9 Å². The van der Waals surface area contributed by atoms with Gasteiger partial charge in [0.15, 0.2) is 0 Å². The van der Waals surface area contributed by atoms with Crippen LogP contribution in [0.5, 0.6) is 5.75 Å². The number of hydrogen-bond acceptors (Lipinski definition) is 5. The van der Waals surface area contributed by atoms with E-state index in [4.69, 9.17) is 16.3 Å². The Labute approximate surface area is 189 Å². The normalized spacial score (nSPS) is 14.4. The highest BCUT2D eigenvalue weighted by Crippen LogP contribution is 2.29. The molecule has 9 heteroatoms. The van der Waals surface area contributed by atoms with Gasteiger partial charge >= 0.3 is 0 Å². The number of carbonyl (C=O) groups excluding carboxylic acids is 1. The topological polar surface area (TPSA) is 70.2 Å². The second kappa shape index (κ2) is 10.2. The molecule has 0 spiro atoms. The van der Waals surface area contributed by atoms with Crippen LogP contribution in [0.25, 0.3) is 0 Å². The second-order valence-corrected chi connectivity index (χ2v) is 9.80. The number of hydrogen-bond donors (Lipinski definition) is 0. The fourth-order valence-corrected chi connectivity index (χ4v) is 4.87. The summed E-state index contributed by atoms with van der Waals surface area (Å²) < 4.78 is 31.3. The highest BCUT2D eigenvalue weighted by Gasteiger charge is 2.24. The summed E-state index contributed by atoms with van der Waals surface area (Å²) in [6.45, 7) is 2.96. The van der Waals surface area contributed by atoms with Gasteiger partial charge in [0.1, 0.15) is 5.75 Å². The number of carbonyl (C=O) groups is 1. The van der Waals surface area contributed by atoms with Crippen LogP contribution in [-0.4, -0.2) is 65.3 Å². The number of piperazine rings is 1. The zero-order valence-electron chi connectivity index (χ0n) is 17.8. The fourth-order valence-electron chi connectivity index (χ4n) is 3.72. The molecule has 3 rings (SSSR count). The average molecular weight is 466 g/mol. The molecule has 2 aromatic rings. The molecule has 1 fully saturated rings. The first-order valence-electron chi connectivity index (χ1n) is 10.2. The molecule has 2 aromatic carbocycles. The van der Waals surface area contributed by atoms with Crippen LogP contribution in [0.4, 0.5) is 11.4 Å². The standard InChI is InChI=1S/C22H28ClN3O4S/c1-30-21-10-4-3-9-20(21)26(31(2,28)29)12-6-11-22(27)25-15-13-24(14-16-25)19-8-5-7-18(23)17-19/h3-5,7-10,17H,6,11-16H2,1-2H3. The van der Waals surface area contributed by atoms with Gasteiger partial charge in [-0.05, 0) is 36.8 Å². The van der Waals surface area contributed by atoms with Gasteiger partial charge in [0.25, 0.3) is 0 Å². The summed E-state index contributed by atoms with van der Waals surface area (Å²) in [4.78, 5) is 16.7. The van der Waals surface area contributed by atoms with Gasteiger partial charge in [-0.3, -0.25) is 9.10 Å². The van der Waals surface area contributed by atoms with E-state index in [2.05, 4.69) is 4.90 Å². The van der Waals surface area contributed by atoms with Crippen LogP contribution in [0.1, 0.15) is 12.8 Å². The predicted octanol–water partition coefficient (Wildman–Crippen LogP) is 3.24. The van der Waals surface area contributed by atoms with Gasteiger partial charge in [0.05, 0.1) is 19.1 Å². The summed E-state index contributed by atoms with van der Waals surface area (Å²) in [6, 6.07) is 14.7. The molecule has 0 saturated carbocycles. The first-order chi connectivity index (χ1) is 14.8. The molecular formula is C22H28ClN3O4S. The Morgan fingerprint density at radius 1 is 1.10 bits per heavy atom. The smallest absolute Gasteiger partial charge is 0.232 e. The molecule has 0 radical (unpaired) electrons. The minimum Gasteiger partial charge on any atom is -0.495 e. The molecule has 1 aliphatic rings. The van der Waals surface area contributed by atoms with Crippen molar-refractivity contribution in [2.75, 3.05) is 55.3 Å². The Bertz CT molecular complexity index is 1010. The van der Waals surface area contributed by atoms with E-state index in [1.54, 1.807) is 24.3 Å². The van der Waals surface area contributed by atoms with Crippen LogP contribution in [0.2, 0.25) is 5.02 Å². The third-order valence-corrected chi connectivity index (χ3v) is 6.73. The zero-order valence-corrected chi connectivity index (χ0v) is 19.4. The number of amides is 1. The van der Waals surface area contributed by atoms with E-state index in [9.17, 15) is 13.2 Å². The van der Waals surface area contributed by atoms with Gasteiger partial charge in [-0.2, -0.15) is 0 Å². The number of nitrogens with zero attached hydrogens (tertiary/aromatic N) is 3. The highest BCUT2D eigenvalue weighted by atomic mass is 35.5. The first-order valence-corrected chi connectivity index (χ1v) is 12.4. The molecule has 7 nitrogen and oxygen atoms in total. The molecule has 1 aliphatic heterocycles. The van der Waals surface area contributed by atoms with Crippen LogP contribution >= 0.6 is 11.6 Å². The summed E-state index contributed by atoms with van der Waals surface area (Å²) >= 11 is 6.08. The van der Waals surface area contributed by atoms with Crippen molar-refractivity contribution in [1.29, 1.82) is 0 Å². The highest BCUT2D eigenvalue weighted by molar-refractivity contribution is 7.92. The summed E-state index contributed by atoms with van der Waals surface area (Å²) in [5, 5.41) is 0.696. The molecule has 1 amide bonds. The zero-order chi connectivity index (χ0) is 22.4. The number of sulfonamides is 1. The molecule has 0 aromatic heterocycles. The molecule has 0 unspecified atom stereocenters. The number of para-hydroxylation sites is 2. The Hall–Kier alpha value is -2.45. The molecule has 0 aliphatic carbocycles. The van der Waals surface area contributed by atoms with E-state index in [1.165, 1.54) is 11.4 Å². The van der Waals surface area contributed by atoms with Crippen LogP contribution in [0.3, 0.4) is 0 Å². The number of ether oxygens (including phenoxy) is 1. The van der Waals surface area contributed by atoms with E-state index < -0.39 is 10.0 Å². The maximum absolute atomic E-state index is 12.7. The molecular weight excluding hydrogens is 438 g/mol. The lowest BCUT2D eigenvalue weighted by Gasteiger charge is -2.36. The van der Waals surface area contributed by atoms with Gasteiger partial charge in [-0.25, -0.2) is 8.42 Å². The Kier molecular flexibility index (Phi) is 7.67. The predicted molar refractivity (Wildman–Crippen MR) is 125 cm³/mol. The summed E-state index contributed by atoms with van der Waals surface area (Å²) in [7, 11) is -2.00. The van der Waals surface area contributed by atoms with E-state index in [0.29, 0.717) is 42.4 Å². The van der Waals surface area contributed by atoms with Crippen LogP contribution in [0, 0.1) is 0 Å². The lowest BCUT2D eigenvalue weighted by molar-refractivity contribution is -0.131. The van der Waals surface area contributed by atoms with Crippen LogP contribution < -0.4 is 13.9 Å². The number of anilines is 2. The molecule has 0 atom stereocenters. The average Bonchev–Trinajstić information content (AvgIpc) is 2.76. The van der Waals surface area contributed by atoms with Crippen molar-refractivity contribution in [3.63, 3.8) is 0 Å². The molecule has 1 saturated heterocycles. The molecule has 168 valence electrons. The van der Waals surface area contributed by atoms with Gasteiger partial charge in [-0.1, -0.05) is 29.8 Å². The van der Waals surface area contributed by atoms with Gasteiger partial charge in [0.2, 0.25) is 15.9 Å². The van der Waals surface area contributed by atoms with E-state index >= 15 is 0 Å². The van der Waals surface area contributed by atoms with Crippen molar-refractivity contribution in [1.82, 2.24) is 4.90 Å². The minimum atomic E-state index is -3.50. The summed E-state index contributed by atoms with van der Waals surface area (Å²) in [6.07, 6.45) is 1.88. The van der Waals surface area contributed by atoms with Crippen molar-refractivity contribution in [2.45, 2.75) is 12.8 Å². The number of halogens is 1. The lowest BCUT2D eigenvalue weighted by Crippen LogP contribution is -2.48. The van der Waals surface area contributed by atoms with Crippen molar-refractivity contribution in [3.05, 3.63) is 53.6 Å². The third-order valence-electron chi connectivity index (χ3n) is 5.31. The SMILES string of the molecule is COc1ccccc1N(CCCC(=O)N1CCN(c2cccc(Cl)c2)CC1)S(C)(=O)=O. The molecule has 1 heterocycles. The van der Waals surface area contributed by atoms with E-state index in [0.717, 1.165) is 25.0 Å². The molecule has 0 N–H and O–H groups in total. The first kappa shape index (κ1) is 23.2. The Balaban J connectivity index is 1.54. The van der Waals surface area contributed by atoms with Gasteiger partial charge in [-0.15, -0.1) is 0 Å². The largest absolute Gasteiger partial charge is 0.495 e. The van der Waals surface area contributed by atoms with Crippen LogP contribution in [-0.2, 0) is 14.8 Å². The van der Waals surface area contributed by atoms with Gasteiger partial charge < -0.3 is 14.5 Å². The van der Waals surface area contributed by atoms with Crippen LogP contribution in [0.15, 0.2) is 48.5 Å². The summed E-state index contributed by atoms with van der Waals surface area (Å²) in [5.74, 6) is 0.524. The maximum Gasteiger partial charge on any atom is 0.232 e. The quantitative estimate of drug-likeness (QED) is 0.598. The Morgan fingerprint density at radius 2 is 1.81 bits per heavy atom. The maximum atomic E-state index is 12.7. The number of benzene rings is 2. The molecule has 31 heavy (non-hydrogen) atoms.